The first kappa shape index (κ1) is 22.7. The maximum Gasteiger partial charge on any atom is 0 e. The van der Waals surface area contributed by atoms with Crippen LogP contribution in [0, 0.1) is 18.8 Å². The van der Waals surface area contributed by atoms with Gasteiger partial charge in [-0.25, -0.2) is 0 Å². The molecular weight excluding hydrogens is 672 g/mol. The minimum Gasteiger partial charge on any atom is 0 e. The van der Waals surface area contributed by atoms with Crippen LogP contribution in [0.15, 0.2) is 85.5 Å². The predicted molar refractivity (Wildman–Crippen MR) is 130 cm³/mol. The van der Waals surface area contributed by atoms with Crippen molar-refractivity contribution in [3.63, 3.8) is 0 Å². The smallest absolute Gasteiger partial charge is 0 e. The Bertz CT molecular complexity index is 1350. The molecule has 4 aromatic rings. The fourth-order valence-corrected chi connectivity index (χ4v) is 5.76. The van der Waals surface area contributed by atoms with Gasteiger partial charge in [-0.05, 0) is 0 Å². The van der Waals surface area contributed by atoms with Gasteiger partial charge in [-0.1, -0.05) is 0 Å². The number of aromatic nitrogens is 2. The summed E-state index contributed by atoms with van der Waals surface area (Å²) in [4.78, 5) is 15.3. The van der Waals surface area contributed by atoms with Crippen LogP contribution in [0.2, 0.25) is 0 Å². The van der Waals surface area contributed by atoms with Gasteiger partial charge in [0, 0.05) is 21.1 Å². The largest absolute Gasteiger partial charge is 0 e. The third kappa shape index (κ3) is 4.35. The quantitative estimate of drug-likeness (QED) is 0.212. The first-order chi connectivity index (χ1) is 16.2. The fraction of sp³-hybridized carbons (Fsp3) is 0.0385. The van der Waals surface area contributed by atoms with Crippen molar-refractivity contribution in [1.29, 1.82) is 0 Å². The molecule has 2 aromatic carbocycles. The number of pyridine rings is 2. The Kier molecular flexibility index (Phi) is 6.42. The molecule has 8 heteroatoms. The van der Waals surface area contributed by atoms with Crippen molar-refractivity contribution in [3.8, 4) is 11.5 Å². The van der Waals surface area contributed by atoms with Crippen LogP contribution in [-0.4, -0.2) is 36.9 Å². The molecule has 0 amide bonds. The molecule has 0 bridgehead atoms. The number of rotatable bonds is 4. The molecule has 0 spiro atoms. The summed E-state index contributed by atoms with van der Waals surface area (Å²) < 4.78 is 8.61. The molecule has 0 saturated carbocycles. The van der Waals surface area contributed by atoms with Crippen LogP contribution < -0.4 is 23.5 Å². The maximum atomic E-state index is 6.19. The molecule has 0 fully saturated rings. The van der Waals surface area contributed by atoms with Crippen LogP contribution in [0.4, 0.5) is 23.0 Å². The number of hydrogen-bond donors (Lipinski definition) is 0. The summed E-state index contributed by atoms with van der Waals surface area (Å²) in [6.07, 6.45) is 7.58. The van der Waals surface area contributed by atoms with Gasteiger partial charge in [-0.2, -0.15) is 0 Å². The molecule has 2 aliphatic rings. The van der Waals surface area contributed by atoms with Crippen LogP contribution >= 0.6 is 0 Å². The Hall–Kier alpha value is -3.11. The van der Waals surface area contributed by atoms with E-state index >= 15 is 0 Å². The van der Waals surface area contributed by atoms with E-state index in [4.69, 9.17) is 4.74 Å². The van der Waals surface area contributed by atoms with Gasteiger partial charge in [-0.3, -0.25) is 0 Å². The normalized spacial score (nSPS) is 13.9. The van der Waals surface area contributed by atoms with E-state index in [-0.39, 0.29) is 36.0 Å². The SMILES string of the molecule is CN1C=CN(c2[c-]c(Oc3[c-]c4c(cc3)[Se]c3cccnc3N4c3ccccn3)ccc2)[CH-]1.[Pt]. The van der Waals surface area contributed by atoms with Gasteiger partial charge < -0.3 is 0 Å². The van der Waals surface area contributed by atoms with E-state index in [0.29, 0.717) is 11.5 Å². The van der Waals surface area contributed by atoms with Crippen molar-refractivity contribution < 1.29 is 25.8 Å². The topological polar surface area (TPSA) is 44.7 Å². The zero-order valence-corrected chi connectivity index (χ0v) is 22.0. The Labute approximate surface area is 219 Å². The molecular formula is C26H18N5OPtSe-3. The van der Waals surface area contributed by atoms with Crippen molar-refractivity contribution in [1.82, 2.24) is 14.9 Å². The summed E-state index contributed by atoms with van der Waals surface area (Å²) in [7, 11) is 1.99. The number of anilines is 4. The van der Waals surface area contributed by atoms with Crippen molar-refractivity contribution >= 4 is 46.9 Å². The second kappa shape index (κ2) is 9.63. The van der Waals surface area contributed by atoms with E-state index in [1.807, 2.05) is 90.6 Å². The second-order valence-electron chi connectivity index (χ2n) is 7.47. The van der Waals surface area contributed by atoms with Crippen molar-refractivity contribution in [2.45, 2.75) is 0 Å². The minimum absolute atomic E-state index is 0. The van der Waals surface area contributed by atoms with E-state index in [9.17, 15) is 0 Å². The van der Waals surface area contributed by atoms with Crippen LogP contribution in [0.3, 0.4) is 0 Å². The minimum atomic E-state index is 0. The summed E-state index contributed by atoms with van der Waals surface area (Å²) >= 11 is 0.120. The van der Waals surface area contributed by atoms with Crippen molar-refractivity contribution in [2.75, 3.05) is 16.8 Å². The summed E-state index contributed by atoms with van der Waals surface area (Å²) in [6.45, 7) is 1.98. The van der Waals surface area contributed by atoms with Gasteiger partial charge >= 0.3 is 199 Å². The predicted octanol–water partition coefficient (Wildman–Crippen LogP) is 3.65. The number of benzene rings is 2. The van der Waals surface area contributed by atoms with Crippen LogP contribution in [0.1, 0.15) is 0 Å². The van der Waals surface area contributed by atoms with E-state index in [1.165, 1.54) is 8.92 Å². The standard InChI is InChI=1S/C26H18N5OSe.Pt/c1-29-14-15-30(18-29)19-6-4-7-20(16-19)32-21-10-11-23-22(17-21)31(25-9-2-3-12-27-25)26-24(33-23)8-5-13-28-26;/h2-15,18H,1H3;/q-3;. The summed E-state index contributed by atoms with van der Waals surface area (Å²) in [5.41, 5.74) is 1.83. The van der Waals surface area contributed by atoms with E-state index in [0.717, 1.165) is 23.0 Å². The van der Waals surface area contributed by atoms with Gasteiger partial charge in [0.1, 0.15) is 0 Å². The Morgan fingerprint density at radius 2 is 1.74 bits per heavy atom. The molecule has 0 N–H and O–H groups in total. The number of hydrogen-bond acceptors (Lipinski definition) is 6. The van der Waals surface area contributed by atoms with Gasteiger partial charge in [0.05, 0.1) is 0 Å². The Morgan fingerprint density at radius 3 is 2.56 bits per heavy atom. The van der Waals surface area contributed by atoms with Crippen molar-refractivity contribution in [2.24, 2.45) is 0 Å². The van der Waals surface area contributed by atoms with E-state index in [2.05, 4.69) is 39.1 Å². The molecule has 2 aromatic heterocycles. The van der Waals surface area contributed by atoms with Crippen LogP contribution in [-0.2, 0) is 21.1 Å². The summed E-state index contributed by atoms with van der Waals surface area (Å²) in [5, 5.41) is 0. The molecule has 0 radical (unpaired) electrons. The van der Waals surface area contributed by atoms with Gasteiger partial charge in [0.15, 0.2) is 0 Å². The molecule has 0 atom stereocenters. The zero-order valence-electron chi connectivity index (χ0n) is 18.0. The number of nitrogens with zero attached hydrogens (tertiary/aromatic N) is 5. The van der Waals surface area contributed by atoms with Gasteiger partial charge in [0.25, 0.3) is 0 Å². The molecule has 2 aliphatic heterocycles. The Balaban J connectivity index is 0.00000241. The molecule has 0 aliphatic carbocycles. The van der Waals surface area contributed by atoms with Crippen LogP contribution in [0.25, 0.3) is 0 Å². The van der Waals surface area contributed by atoms with E-state index < -0.39 is 0 Å². The number of ether oxygens (including phenoxy) is 1. The molecule has 0 saturated heterocycles. The zero-order chi connectivity index (χ0) is 22.2. The van der Waals surface area contributed by atoms with Crippen LogP contribution in [0.5, 0.6) is 11.5 Å². The Morgan fingerprint density at radius 1 is 0.853 bits per heavy atom. The molecule has 6 nitrogen and oxygen atoms in total. The monoisotopic (exact) mass is 691 g/mol. The molecule has 172 valence electrons. The summed E-state index contributed by atoms with van der Waals surface area (Å²) in [5.74, 6) is 2.95. The maximum absolute atomic E-state index is 6.19. The average Bonchev–Trinajstić information content (AvgIpc) is 3.30. The first-order valence-electron chi connectivity index (χ1n) is 10.4. The average molecular weight is 691 g/mol. The van der Waals surface area contributed by atoms with Gasteiger partial charge in [-0.15, -0.1) is 0 Å². The van der Waals surface area contributed by atoms with E-state index in [1.54, 1.807) is 6.20 Å². The molecule has 4 heterocycles. The molecule has 0 unspecified atom stereocenters. The van der Waals surface area contributed by atoms with Crippen molar-refractivity contribution in [3.05, 3.63) is 104 Å². The van der Waals surface area contributed by atoms with Gasteiger partial charge in [0.2, 0.25) is 0 Å². The molecule has 34 heavy (non-hydrogen) atoms. The molecule has 6 rings (SSSR count). The first-order valence-corrected chi connectivity index (χ1v) is 12.1. The number of fused-ring (bicyclic) bond motifs is 2. The fourth-order valence-electron chi connectivity index (χ4n) is 3.68. The summed E-state index contributed by atoms with van der Waals surface area (Å²) in [6, 6.07) is 26.7. The third-order valence-electron chi connectivity index (χ3n) is 5.17. The second-order valence-corrected chi connectivity index (χ2v) is 9.75. The third-order valence-corrected chi connectivity index (χ3v) is 7.45.